The van der Waals surface area contributed by atoms with E-state index < -0.39 is 11.2 Å². The van der Waals surface area contributed by atoms with E-state index in [1.54, 1.807) is 6.07 Å². The molecule has 0 radical (unpaired) electrons. The zero-order chi connectivity index (χ0) is 21.3. The minimum absolute atomic E-state index is 0.153. The van der Waals surface area contributed by atoms with E-state index in [4.69, 9.17) is 23.5 Å². The van der Waals surface area contributed by atoms with Crippen molar-refractivity contribution < 1.29 is 13.9 Å². The Morgan fingerprint density at radius 1 is 0.793 bits per heavy atom. The molecular formula is C24H36Cl2O3. The highest BCUT2D eigenvalue weighted by Gasteiger charge is 2.20. The molecule has 0 aliphatic carbocycles. The summed E-state index contributed by atoms with van der Waals surface area (Å²) < 4.78 is 4.31. The van der Waals surface area contributed by atoms with Crippen LogP contribution in [0.25, 0.3) is 0 Å². The predicted octanol–water partition coefficient (Wildman–Crippen LogP) is 8.40. The standard InChI is InChI=1S/C24H36Cl2O3/c1-2-3-4-5-6-7-8-9-10-11-12-13-14-15-17-20-18-16-19-21(23(25)27)22(20)24(28)29-26/h16,18-19H,2-15,17H2,1H3. The molecule has 0 N–H and O–H groups in total. The molecule has 0 heterocycles. The molecule has 0 spiro atoms. The summed E-state index contributed by atoms with van der Waals surface area (Å²) in [4.78, 5) is 23.5. The summed E-state index contributed by atoms with van der Waals surface area (Å²) in [6.45, 7) is 2.26. The molecule has 0 atom stereocenters. The lowest BCUT2D eigenvalue weighted by Crippen LogP contribution is -2.10. The van der Waals surface area contributed by atoms with Gasteiger partial charge in [-0.3, -0.25) is 4.79 Å². The number of carbonyl (C=O) groups excluding carboxylic acids is 2. The zero-order valence-corrected chi connectivity index (χ0v) is 19.3. The van der Waals surface area contributed by atoms with Crippen molar-refractivity contribution in [1.29, 1.82) is 0 Å². The number of halogens is 2. The molecular weight excluding hydrogens is 407 g/mol. The minimum Gasteiger partial charge on any atom is -0.343 e. The number of unbranched alkanes of at least 4 members (excludes halogenated alkanes) is 13. The molecule has 164 valence electrons. The first-order chi connectivity index (χ1) is 14.1. The summed E-state index contributed by atoms with van der Waals surface area (Å²) in [7, 11) is 0. The third kappa shape index (κ3) is 11.1. The van der Waals surface area contributed by atoms with E-state index in [1.165, 1.54) is 83.1 Å². The molecule has 0 amide bonds. The highest BCUT2D eigenvalue weighted by Crippen LogP contribution is 2.21. The fourth-order valence-electron chi connectivity index (χ4n) is 3.76. The molecule has 1 aromatic carbocycles. The maximum absolute atomic E-state index is 11.9. The second kappa shape index (κ2) is 16.7. The molecule has 0 aliphatic rings. The van der Waals surface area contributed by atoms with Crippen LogP contribution in [0.4, 0.5) is 0 Å². The maximum atomic E-state index is 11.9. The number of rotatable bonds is 17. The summed E-state index contributed by atoms with van der Waals surface area (Å²) in [5, 5.41) is -0.676. The maximum Gasteiger partial charge on any atom is 0.357 e. The average molecular weight is 443 g/mol. The van der Waals surface area contributed by atoms with Gasteiger partial charge in [0.1, 0.15) is 11.9 Å². The third-order valence-electron chi connectivity index (χ3n) is 5.44. The number of aryl methyl sites for hydroxylation is 1. The van der Waals surface area contributed by atoms with Crippen molar-refractivity contribution in [1.82, 2.24) is 0 Å². The van der Waals surface area contributed by atoms with Crippen molar-refractivity contribution in [3.63, 3.8) is 0 Å². The SMILES string of the molecule is CCCCCCCCCCCCCCCCc1cccc(C(=O)Cl)c1C(=O)OCl. The van der Waals surface area contributed by atoms with Crippen molar-refractivity contribution in [2.75, 3.05) is 0 Å². The normalized spacial score (nSPS) is 10.9. The van der Waals surface area contributed by atoms with Gasteiger partial charge in [0.2, 0.25) is 0 Å². The lowest BCUT2D eigenvalue weighted by atomic mass is 9.96. The summed E-state index contributed by atoms with van der Waals surface area (Å²) in [5.74, 6) is -0.725. The van der Waals surface area contributed by atoms with Crippen LogP contribution in [0.1, 0.15) is 123 Å². The van der Waals surface area contributed by atoms with Crippen molar-refractivity contribution in [2.45, 2.75) is 103 Å². The van der Waals surface area contributed by atoms with Crippen molar-refractivity contribution >= 4 is 34.7 Å². The van der Waals surface area contributed by atoms with Gasteiger partial charge in [0.05, 0.1) is 5.56 Å². The molecule has 0 bridgehead atoms. The molecule has 0 fully saturated rings. The van der Waals surface area contributed by atoms with Crippen LogP contribution in [0.5, 0.6) is 0 Å². The Hall–Kier alpha value is -1.06. The smallest absolute Gasteiger partial charge is 0.343 e. The molecule has 3 nitrogen and oxygen atoms in total. The van der Waals surface area contributed by atoms with Crippen LogP contribution < -0.4 is 0 Å². The summed E-state index contributed by atoms with van der Waals surface area (Å²) >= 11 is 10.8. The summed E-state index contributed by atoms with van der Waals surface area (Å²) in [5.41, 5.74) is 1.11. The van der Waals surface area contributed by atoms with E-state index in [0.717, 1.165) is 18.4 Å². The van der Waals surface area contributed by atoms with Crippen LogP contribution in [0, 0.1) is 0 Å². The Morgan fingerprint density at radius 3 is 1.72 bits per heavy atom. The molecule has 29 heavy (non-hydrogen) atoms. The lowest BCUT2D eigenvalue weighted by Gasteiger charge is -2.10. The number of carbonyl (C=O) groups is 2. The quantitative estimate of drug-likeness (QED) is 0.179. The largest absolute Gasteiger partial charge is 0.357 e. The van der Waals surface area contributed by atoms with Crippen LogP contribution in [0.15, 0.2) is 18.2 Å². The number of benzene rings is 1. The average Bonchev–Trinajstić information content (AvgIpc) is 2.73. The van der Waals surface area contributed by atoms with Gasteiger partial charge >= 0.3 is 5.97 Å². The Balaban J connectivity index is 2.16. The number of hydrogen-bond acceptors (Lipinski definition) is 3. The van der Waals surface area contributed by atoms with E-state index in [0.29, 0.717) is 6.42 Å². The third-order valence-corrected chi connectivity index (χ3v) is 5.78. The van der Waals surface area contributed by atoms with Gasteiger partial charge in [-0.05, 0) is 36.1 Å². The van der Waals surface area contributed by atoms with Crippen molar-refractivity contribution in [3.05, 3.63) is 34.9 Å². The van der Waals surface area contributed by atoms with E-state index >= 15 is 0 Å². The van der Waals surface area contributed by atoms with Gasteiger partial charge in [-0.25, -0.2) is 4.79 Å². The van der Waals surface area contributed by atoms with E-state index in [2.05, 4.69) is 11.2 Å². The predicted molar refractivity (Wildman–Crippen MR) is 122 cm³/mol. The van der Waals surface area contributed by atoms with Gasteiger partial charge in [-0.1, -0.05) is 103 Å². The molecule has 0 unspecified atom stereocenters. The van der Waals surface area contributed by atoms with Gasteiger partial charge in [0, 0.05) is 5.56 Å². The Labute approximate surface area is 186 Å². The lowest BCUT2D eigenvalue weighted by molar-refractivity contribution is 0.0746. The van der Waals surface area contributed by atoms with Gasteiger partial charge in [-0.15, -0.1) is 0 Å². The summed E-state index contributed by atoms with van der Waals surface area (Å²) in [6.07, 6.45) is 18.9. The van der Waals surface area contributed by atoms with Crippen LogP contribution in [-0.4, -0.2) is 11.2 Å². The highest BCUT2D eigenvalue weighted by atomic mass is 35.5. The van der Waals surface area contributed by atoms with Gasteiger partial charge in [0.25, 0.3) is 5.24 Å². The van der Waals surface area contributed by atoms with Crippen LogP contribution in [-0.2, 0) is 10.7 Å². The van der Waals surface area contributed by atoms with Crippen LogP contribution >= 0.6 is 23.5 Å². The van der Waals surface area contributed by atoms with Crippen LogP contribution in [0.2, 0.25) is 0 Å². The Bertz CT molecular complexity index is 602. The number of hydrogen-bond donors (Lipinski definition) is 0. The molecule has 0 aliphatic heterocycles. The molecule has 0 saturated heterocycles. The van der Waals surface area contributed by atoms with Crippen LogP contribution in [0.3, 0.4) is 0 Å². The first-order valence-electron chi connectivity index (χ1n) is 11.3. The zero-order valence-electron chi connectivity index (χ0n) is 17.8. The highest BCUT2D eigenvalue weighted by molar-refractivity contribution is 6.68. The van der Waals surface area contributed by atoms with Gasteiger partial charge in [0.15, 0.2) is 0 Å². The minimum atomic E-state index is -0.725. The molecule has 0 aromatic heterocycles. The van der Waals surface area contributed by atoms with E-state index in [9.17, 15) is 9.59 Å². The van der Waals surface area contributed by atoms with Crippen molar-refractivity contribution in [2.24, 2.45) is 0 Å². The Morgan fingerprint density at radius 2 is 1.28 bits per heavy atom. The Kier molecular flexibility index (Phi) is 15.0. The van der Waals surface area contributed by atoms with Gasteiger partial charge in [-0.2, -0.15) is 0 Å². The fraction of sp³-hybridized carbons (Fsp3) is 0.667. The van der Waals surface area contributed by atoms with E-state index in [1.807, 2.05) is 6.07 Å². The fourth-order valence-corrected chi connectivity index (χ4v) is 4.00. The second-order valence-corrected chi connectivity index (χ2v) is 8.32. The molecule has 1 rings (SSSR count). The van der Waals surface area contributed by atoms with Crippen molar-refractivity contribution in [3.8, 4) is 0 Å². The molecule has 5 heteroatoms. The topological polar surface area (TPSA) is 43.4 Å². The summed E-state index contributed by atoms with van der Waals surface area (Å²) in [6, 6.07) is 5.08. The first kappa shape index (κ1) is 26.0. The molecule has 1 aromatic rings. The second-order valence-electron chi connectivity index (χ2n) is 7.82. The monoisotopic (exact) mass is 442 g/mol. The van der Waals surface area contributed by atoms with E-state index in [-0.39, 0.29) is 11.1 Å². The molecule has 0 saturated carbocycles. The first-order valence-corrected chi connectivity index (χ1v) is 11.9. The van der Waals surface area contributed by atoms with Gasteiger partial charge < -0.3 is 4.29 Å².